The largest absolute Gasteiger partial charge is 0.534 e. The molecule has 0 bridgehead atoms. The van der Waals surface area contributed by atoms with Gasteiger partial charge < -0.3 is 8.60 Å². The van der Waals surface area contributed by atoms with Crippen molar-refractivity contribution in [3.8, 4) is 16.9 Å². The highest BCUT2D eigenvalue weighted by Gasteiger charge is 2.49. The molecule has 1 heterocycles. The zero-order valence-electron chi connectivity index (χ0n) is 15.7. The number of halogens is 3. The van der Waals surface area contributed by atoms with Crippen LogP contribution in [0.15, 0.2) is 83.3 Å². The van der Waals surface area contributed by atoms with E-state index in [4.69, 9.17) is 4.42 Å². The van der Waals surface area contributed by atoms with E-state index in [0.29, 0.717) is 16.5 Å². The van der Waals surface area contributed by atoms with Gasteiger partial charge in [-0.15, -0.1) is 0 Å². The number of furan rings is 1. The highest BCUT2D eigenvalue weighted by Crippen LogP contribution is 2.44. The van der Waals surface area contributed by atoms with Crippen molar-refractivity contribution in [3.05, 3.63) is 78.9 Å². The highest BCUT2D eigenvalue weighted by molar-refractivity contribution is 7.88. The third kappa shape index (κ3) is 3.11. The Labute approximate surface area is 174 Å². The average molecular weight is 442 g/mol. The molecule has 0 radical (unpaired) electrons. The van der Waals surface area contributed by atoms with Crippen LogP contribution < -0.4 is 4.18 Å². The van der Waals surface area contributed by atoms with Crippen molar-refractivity contribution in [1.29, 1.82) is 0 Å². The summed E-state index contributed by atoms with van der Waals surface area (Å²) in [6.07, 6.45) is 0. The number of benzene rings is 4. The summed E-state index contributed by atoms with van der Waals surface area (Å²) in [6, 6.07) is 22.7. The van der Waals surface area contributed by atoms with Gasteiger partial charge >= 0.3 is 15.6 Å². The number of hydrogen-bond donors (Lipinski definition) is 0. The maximum atomic E-state index is 13.0. The highest BCUT2D eigenvalue weighted by atomic mass is 32.2. The molecule has 0 saturated carbocycles. The van der Waals surface area contributed by atoms with Gasteiger partial charge in [-0.05, 0) is 29.1 Å². The van der Waals surface area contributed by atoms with Crippen molar-refractivity contribution in [1.82, 2.24) is 0 Å². The summed E-state index contributed by atoms with van der Waals surface area (Å²) in [4.78, 5) is 0. The number of alkyl halides is 3. The molecule has 0 aliphatic heterocycles. The van der Waals surface area contributed by atoms with Gasteiger partial charge in [0.2, 0.25) is 0 Å². The zero-order valence-corrected chi connectivity index (χ0v) is 16.5. The average Bonchev–Trinajstić information content (AvgIpc) is 3.14. The number of hydrogen-bond acceptors (Lipinski definition) is 4. The Morgan fingerprint density at radius 1 is 0.742 bits per heavy atom. The third-order valence-corrected chi connectivity index (χ3v) is 6.01. The maximum absolute atomic E-state index is 13.0. The molecule has 0 atom stereocenters. The molecule has 0 aliphatic rings. The molecule has 0 saturated heterocycles. The van der Waals surface area contributed by atoms with Crippen molar-refractivity contribution in [3.63, 3.8) is 0 Å². The van der Waals surface area contributed by atoms with Crippen LogP contribution in [-0.4, -0.2) is 13.9 Å². The van der Waals surface area contributed by atoms with E-state index in [1.165, 1.54) is 12.1 Å². The van der Waals surface area contributed by atoms with E-state index in [2.05, 4.69) is 4.18 Å². The normalized spacial score (nSPS) is 12.6. The van der Waals surface area contributed by atoms with Crippen molar-refractivity contribution < 1.29 is 30.2 Å². The molecule has 0 unspecified atom stereocenters. The van der Waals surface area contributed by atoms with Crippen LogP contribution in [0.4, 0.5) is 13.2 Å². The fourth-order valence-electron chi connectivity index (χ4n) is 3.66. The molecule has 1 aromatic heterocycles. The molecule has 8 heteroatoms. The molecule has 5 aromatic rings. The number of rotatable bonds is 3. The van der Waals surface area contributed by atoms with Crippen molar-refractivity contribution in [2.75, 3.05) is 0 Å². The standard InChI is InChI=1S/C23H13F3O4S/c24-23(25,26)31(27,28)30-19-13-12-17(14-6-2-1-3-7-14)22-20(19)18-11-10-15-8-4-5-9-16(15)21(18)29-22/h1-13H. The van der Waals surface area contributed by atoms with Crippen LogP contribution in [-0.2, 0) is 10.1 Å². The first-order valence-electron chi connectivity index (χ1n) is 9.19. The van der Waals surface area contributed by atoms with Gasteiger partial charge in [-0.3, -0.25) is 0 Å². The fraction of sp³-hybridized carbons (Fsp3) is 0.0435. The summed E-state index contributed by atoms with van der Waals surface area (Å²) in [7, 11) is -5.85. The topological polar surface area (TPSA) is 56.5 Å². The quantitative estimate of drug-likeness (QED) is 0.232. The van der Waals surface area contributed by atoms with Gasteiger partial charge in [0.05, 0.1) is 5.39 Å². The van der Waals surface area contributed by atoms with Crippen LogP contribution >= 0.6 is 0 Å². The van der Waals surface area contributed by atoms with Gasteiger partial charge in [-0.1, -0.05) is 60.7 Å². The lowest BCUT2D eigenvalue weighted by Crippen LogP contribution is -2.28. The minimum absolute atomic E-state index is 0.162. The lowest BCUT2D eigenvalue weighted by Gasteiger charge is -2.11. The molecule has 0 aliphatic carbocycles. The minimum Gasteiger partial charge on any atom is -0.455 e. The Kier molecular flexibility index (Phi) is 4.23. The first kappa shape index (κ1) is 19.4. The fourth-order valence-corrected chi connectivity index (χ4v) is 4.13. The molecule has 31 heavy (non-hydrogen) atoms. The first-order chi connectivity index (χ1) is 14.8. The van der Waals surface area contributed by atoms with Crippen LogP contribution in [0.1, 0.15) is 0 Å². The summed E-state index contributed by atoms with van der Waals surface area (Å²) >= 11 is 0. The molecule has 156 valence electrons. The second-order valence-corrected chi connectivity index (χ2v) is 8.47. The lowest BCUT2D eigenvalue weighted by atomic mass is 10.0. The van der Waals surface area contributed by atoms with E-state index in [1.807, 2.05) is 54.6 Å². The van der Waals surface area contributed by atoms with E-state index >= 15 is 0 Å². The summed E-state index contributed by atoms with van der Waals surface area (Å²) in [6.45, 7) is 0. The predicted molar refractivity (Wildman–Crippen MR) is 112 cm³/mol. The van der Waals surface area contributed by atoms with Crippen molar-refractivity contribution >= 4 is 42.8 Å². The molecule has 5 rings (SSSR count). The van der Waals surface area contributed by atoms with Crippen LogP contribution in [0.5, 0.6) is 5.75 Å². The molecule has 0 fully saturated rings. The molecule has 4 nitrogen and oxygen atoms in total. The second kappa shape index (κ2) is 6.75. The molecule has 0 amide bonds. The monoisotopic (exact) mass is 442 g/mol. The van der Waals surface area contributed by atoms with Crippen molar-refractivity contribution in [2.45, 2.75) is 5.51 Å². The zero-order chi connectivity index (χ0) is 21.8. The summed E-state index contributed by atoms with van der Waals surface area (Å²) < 4.78 is 73.0. The molecule has 0 N–H and O–H groups in total. The summed E-state index contributed by atoms with van der Waals surface area (Å²) in [5, 5.41) is 2.24. The van der Waals surface area contributed by atoms with Gasteiger partial charge in [0, 0.05) is 16.3 Å². The van der Waals surface area contributed by atoms with Gasteiger partial charge in [-0.2, -0.15) is 21.6 Å². The minimum atomic E-state index is -5.85. The maximum Gasteiger partial charge on any atom is 0.534 e. The Hall–Kier alpha value is -3.52. The van der Waals surface area contributed by atoms with Crippen LogP contribution in [0.3, 0.4) is 0 Å². The van der Waals surface area contributed by atoms with Gasteiger partial charge in [0.15, 0.2) is 5.75 Å². The Bertz CT molecular complexity index is 1550. The van der Waals surface area contributed by atoms with Crippen molar-refractivity contribution in [2.24, 2.45) is 0 Å². The van der Waals surface area contributed by atoms with E-state index in [-0.39, 0.29) is 11.0 Å². The van der Waals surface area contributed by atoms with Crippen LogP contribution in [0.2, 0.25) is 0 Å². The van der Waals surface area contributed by atoms with Gasteiger partial charge in [0.25, 0.3) is 0 Å². The molecular formula is C23H13F3O4S. The third-order valence-electron chi connectivity index (χ3n) is 5.04. The van der Waals surface area contributed by atoms with Gasteiger partial charge in [0.1, 0.15) is 11.2 Å². The summed E-state index contributed by atoms with van der Waals surface area (Å²) in [5.41, 5.74) is -3.50. The Morgan fingerprint density at radius 2 is 1.45 bits per heavy atom. The van der Waals surface area contributed by atoms with Crippen LogP contribution in [0.25, 0.3) is 43.8 Å². The Balaban J connectivity index is 1.88. The Morgan fingerprint density at radius 3 is 2.19 bits per heavy atom. The first-order valence-corrected chi connectivity index (χ1v) is 10.6. The smallest absolute Gasteiger partial charge is 0.455 e. The van der Waals surface area contributed by atoms with E-state index in [0.717, 1.165) is 16.3 Å². The van der Waals surface area contributed by atoms with E-state index in [9.17, 15) is 21.6 Å². The molecule has 4 aromatic carbocycles. The predicted octanol–water partition coefficient (Wildman–Crippen LogP) is 6.63. The number of fused-ring (bicyclic) bond motifs is 5. The molecule has 0 spiro atoms. The second-order valence-electron chi connectivity index (χ2n) is 6.93. The van der Waals surface area contributed by atoms with Gasteiger partial charge in [-0.25, -0.2) is 0 Å². The summed E-state index contributed by atoms with van der Waals surface area (Å²) in [5.74, 6) is -0.443. The molecular weight excluding hydrogens is 429 g/mol. The van der Waals surface area contributed by atoms with E-state index < -0.39 is 21.4 Å². The lowest BCUT2D eigenvalue weighted by molar-refractivity contribution is -0.0499. The van der Waals surface area contributed by atoms with E-state index in [1.54, 1.807) is 12.1 Å². The SMILES string of the molecule is O=S(=O)(Oc1ccc(-c2ccccc2)c2oc3c4ccccc4ccc3c12)C(F)(F)F. The van der Waals surface area contributed by atoms with Crippen LogP contribution in [0, 0.1) is 0 Å².